The SMILES string of the molecule is CCc1cc(N2C(=S)N(c3cnc(C#N)c(C(F)(F)F)c3)C(=O)C2(C)C)ccc1OCCN1CCN(CC(=O)Cc2cc(Cl)cc(CC3CCC(=O)NC3=O)c2)[C@H](C)C1. The molecule has 3 saturated heterocycles. The molecule has 1 N–H and O–H groups in total. The van der Waals surface area contributed by atoms with Gasteiger partial charge in [0.2, 0.25) is 11.8 Å². The fourth-order valence-corrected chi connectivity index (χ4v) is 8.72. The number of amides is 3. The monoisotopic (exact) mass is 851 g/mol. The predicted molar refractivity (Wildman–Crippen MR) is 219 cm³/mol. The predicted octanol–water partition coefficient (Wildman–Crippen LogP) is 5.90. The van der Waals surface area contributed by atoms with Crippen molar-refractivity contribution in [2.45, 2.75) is 77.6 Å². The van der Waals surface area contributed by atoms with Crippen molar-refractivity contribution in [3.05, 3.63) is 81.6 Å². The topological polar surface area (TPSA) is 139 Å². The largest absolute Gasteiger partial charge is 0.492 e. The highest BCUT2D eigenvalue weighted by Gasteiger charge is 2.51. The number of nitrogens with zero attached hydrogens (tertiary/aromatic N) is 6. The molecule has 3 fully saturated rings. The van der Waals surface area contributed by atoms with Gasteiger partial charge < -0.3 is 9.64 Å². The highest BCUT2D eigenvalue weighted by atomic mass is 35.5. The van der Waals surface area contributed by atoms with Crippen molar-refractivity contribution in [3.63, 3.8) is 0 Å². The second-order valence-electron chi connectivity index (χ2n) is 15.7. The smallest absolute Gasteiger partial charge is 0.419 e. The highest BCUT2D eigenvalue weighted by molar-refractivity contribution is 7.81. The molecule has 3 aromatic rings. The number of thiocarbonyl (C=S) groups is 1. The van der Waals surface area contributed by atoms with Crippen molar-refractivity contribution in [2.24, 2.45) is 5.92 Å². The summed E-state index contributed by atoms with van der Waals surface area (Å²) in [6.07, 6.45) is -1.77. The number of benzene rings is 2. The molecule has 1 unspecified atom stereocenters. The molecule has 0 bridgehead atoms. The van der Waals surface area contributed by atoms with Crippen LogP contribution in [0.2, 0.25) is 5.02 Å². The lowest BCUT2D eigenvalue weighted by Gasteiger charge is -2.39. The van der Waals surface area contributed by atoms with Crippen molar-refractivity contribution in [3.8, 4) is 11.8 Å². The molecule has 312 valence electrons. The van der Waals surface area contributed by atoms with E-state index in [4.69, 9.17) is 28.6 Å². The van der Waals surface area contributed by atoms with E-state index in [0.717, 1.165) is 46.9 Å². The van der Waals surface area contributed by atoms with E-state index in [1.54, 1.807) is 43.0 Å². The average molecular weight is 852 g/mol. The number of carbonyl (C=O) groups excluding carboxylic acids is 4. The first-order chi connectivity index (χ1) is 27.9. The molecule has 2 aromatic carbocycles. The first-order valence-electron chi connectivity index (χ1n) is 19.4. The molecule has 59 heavy (non-hydrogen) atoms. The Morgan fingerprint density at radius 3 is 2.53 bits per heavy atom. The first kappa shape index (κ1) is 43.6. The van der Waals surface area contributed by atoms with Gasteiger partial charge in [-0.3, -0.25) is 39.2 Å². The molecule has 0 aliphatic carbocycles. The maximum atomic E-state index is 13.7. The summed E-state index contributed by atoms with van der Waals surface area (Å²) >= 11 is 12.1. The van der Waals surface area contributed by atoms with Crippen LogP contribution in [0.1, 0.15) is 68.5 Å². The number of ketones is 1. The van der Waals surface area contributed by atoms with Crippen LogP contribution in [-0.2, 0) is 44.6 Å². The molecule has 3 amide bonds. The van der Waals surface area contributed by atoms with Gasteiger partial charge in [0.05, 0.1) is 24.0 Å². The summed E-state index contributed by atoms with van der Waals surface area (Å²) in [4.78, 5) is 61.4. The van der Waals surface area contributed by atoms with E-state index in [2.05, 4.69) is 27.0 Å². The van der Waals surface area contributed by atoms with Gasteiger partial charge in [0.25, 0.3) is 5.91 Å². The average Bonchev–Trinajstić information content (AvgIpc) is 3.34. The number of hydrogen-bond donors (Lipinski definition) is 1. The van der Waals surface area contributed by atoms with E-state index in [1.165, 1.54) is 6.07 Å². The Balaban J connectivity index is 1.02. The molecule has 17 heteroatoms. The zero-order valence-corrected chi connectivity index (χ0v) is 34.8. The fourth-order valence-electron chi connectivity index (χ4n) is 7.92. The van der Waals surface area contributed by atoms with E-state index < -0.39 is 28.9 Å². The molecule has 6 rings (SSSR count). The maximum absolute atomic E-state index is 13.7. The lowest BCUT2D eigenvalue weighted by Crippen LogP contribution is -2.53. The van der Waals surface area contributed by atoms with E-state index in [9.17, 15) is 37.6 Å². The van der Waals surface area contributed by atoms with Gasteiger partial charge in [0.1, 0.15) is 24.0 Å². The molecular weight excluding hydrogens is 807 g/mol. The summed E-state index contributed by atoms with van der Waals surface area (Å²) in [5.41, 5.74) is -0.416. The Hall–Kier alpha value is -4.95. The summed E-state index contributed by atoms with van der Waals surface area (Å²) < 4.78 is 47.5. The van der Waals surface area contributed by atoms with Crippen LogP contribution in [0.5, 0.6) is 5.75 Å². The third kappa shape index (κ3) is 9.75. The first-order valence-corrected chi connectivity index (χ1v) is 20.2. The number of aromatic nitrogens is 1. The summed E-state index contributed by atoms with van der Waals surface area (Å²) in [6, 6.07) is 13.2. The Kier molecular flexibility index (Phi) is 13.1. The molecular formula is C42H45ClF3N7O5S. The number of rotatable bonds is 13. The summed E-state index contributed by atoms with van der Waals surface area (Å²) in [7, 11) is 0. The third-order valence-electron chi connectivity index (χ3n) is 11.0. The van der Waals surface area contributed by atoms with Gasteiger partial charge in [0.15, 0.2) is 16.6 Å². The van der Waals surface area contributed by atoms with Gasteiger partial charge >= 0.3 is 6.18 Å². The van der Waals surface area contributed by atoms with Crippen LogP contribution in [0.25, 0.3) is 0 Å². The lowest BCUT2D eigenvalue weighted by molar-refractivity contribution is -0.138. The molecule has 12 nitrogen and oxygen atoms in total. The minimum absolute atomic E-state index is 0.0223. The molecule has 0 spiro atoms. The lowest BCUT2D eigenvalue weighted by atomic mass is 9.90. The van der Waals surface area contributed by atoms with Crippen molar-refractivity contribution in [1.82, 2.24) is 20.1 Å². The van der Waals surface area contributed by atoms with Crippen molar-refractivity contribution in [1.29, 1.82) is 5.26 Å². The summed E-state index contributed by atoms with van der Waals surface area (Å²) in [6.45, 7) is 10.9. The van der Waals surface area contributed by atoms with Crippen LogP contribution in [0.15, 0.2) is 48.7 Å². The molecule has 2 atom stereocenters. The second kappa shape index (κ2) is 17.7. The van der Waals surface area contributed by atoms with Gasteiger partial charge in [-0.2, -0.15) is 18.4 Å². The maximum Gasteiger partial charge on any atom is 0.419 e. The summed E-state index contributed by atoms with van der Waals surface area (Å²) in [5.74, 6) is -0.671. The second-order valence-corrected chi connectivity index (χ2v) is 16.5. The number of aryl methyl sites for hydroxylation is 1. The molecule has 0 radical (unpaired) electrons. The van der Waals surface area contributed by atoms with E-state index in [1.807, 2.05) is 19.1 Å². The highest BCUT2D eigenvalue weighted by Crippen LogP contribution is 2.40. The van der Waals surface area contributed by atoms with E-state index in [-0.39, 0.29) is 46.8 Å². The molecule has 4 heterocycles. The van der Waals surface area contributed by atoms with Gasteiger partial charge in [-0.15, -0.1) is 0 Å². The minimum atomic E-state index is -4.86. The number of halogens is 4. The number of piperazine rings is 1. The summed E-state index contributed by atoms with van der Waals surface area (Å²) in [5, 5.41) is 12.0. The van der Waals surface area contributed by atoms with Crippen LogP contribution in [-0.4, -0.2) is 94.3 Å². The molecule has 0 saturated carbocycles. The number of piperidine rings is 1. The molecule has 1 aromatic heterocycles. The van der Waals surface area contributed by atoms with Crippen molar-refractivity contribution >= 4 is 63.8 Å². The number of alkyl halides is 3. The van der Waals surface area contributed by atoms with Crippen LogP contribution >= 0.6 is 23.8 Å². The van der Waals surface area contributed by atoms with Crippen LogP contribution in [0.3, 0.4) is 0 Å². The number of carbonyl (C=O) groups is 4. The Morgan fingerprint density at radius 2 is 1.85 bits per heavy atom. The van der Waals surface area contributed by atoms with Crippen LogP contribution in [0, 0.1) is 17.2 Å². The Morgan fingerprint density at radius 1 is 1.10 bits per heavy atom. The zero-order valence-electron chi connectivity index (χ0n) is 33.2. The molecule has 3 aliphatic heterocycles. The number of nitrogens with one attached hydrogen (secondary N) is 1. The fraction of sp³-hybridized carbons (Fsp3) is 0.452. The quantitative estimate of drug-likeness (QED) is 0.163. The van der Waals surface area contributed by atoms with Gasteiger partial charge in [-0.1, -0.05) is 24.6 Å². The number of pyridine rings is 1. The molecule has 3 aliphatic rings. The number of ether oxygens (including phenoxy) is 1. The number of imide groups is 1. The normalized spacial score (nSPS) is 20.2. The zero-order chi connectivity index (χ0) is 42.8. The van der Waals surface area contributed by atoms with Gasteiger partial charge in [0, 0.05) is 61.7 Å². The number of hydrogen-bond acceptors (Lipinski definition) is 10. The number of nitriles is 1. The van der Waals surface area contributed by atoms with Gasteiger partial charge in [-0.05, 0) is 105 Å². The Labute approximate surface area is 351 Å². The minimum Gasteiger partial charge on any atom is -0.492 e. The van der Waals surface area contributed by atoms with Crippen LogP contribution < -0.4 is 19.9 Å². The van der Waals surface area contributed by atoms with Crippen LogP contribution in [0.4, 0.5) is 24.5 Å². The number of Topliss-reactive ketones (excluding diaryl/α,β-unsaturated/α-hetero) is 1. The van der Waals surface area contributed by atoms with E-state index in [0.29, 0.717) is 68.4 Å². The third-order valence-corrected chi connectivity index (χ3v) is 11.6. The van der Waals surface area contributed by atoms with E-state index >= 15 is 0 Å². The standard InChI is InChI=1S/C42H45ClF3N7O5S/c1-5-28-19-31(53-40(59)52(39(57)41(53,3)4)32-20-34(42(44,45)46)35(21-47)48-22-32)7-8-36(28)58-13-12-50-10-11-51(25(2)23-50)24-33(54)18-27-14-26(16-30(43)17-27)15-29-6-9-37(55)49-38(29)56/h7-8,14,16-17,19-20,22,25,29H,5-6,9-13,15,18,23-24H2,1-4H3,(H,49,55,56)/t25-,29?/m1/s1. The van der Waals surface area contributed by atoms with Crippen molar-refractivity contribution < 1.29 is 37.1 Å². The Bertz CT molecular complexity index is 2210. The number of anilines is 2. The van der Waals surface area contributed by atoms with Gasteiger partial charge in [-0.25, -0.2) is 4.98 Å². The van der Waals surface area contributed by atoms with Crippen molar-refractivity contribution in [2.75, 3.05) is 49.1 Å².